The van der Waals surface area contributed by atoms with E-state index in [1.165, 1.54) is 0 Å². The van der Waals surface area contributed by atoms with Crippen molar-refractivity contribution in [3.05, 3.63) is 35.5 Å². The Morgan fingerprint density at radius 1 is 1.17 bits per heavy atom. The molecule has 2 aromatic heterocycles. The molecule has 1 unspecified atom stereocenters. The number of imidazole rings is 1. The number of amides is 1. The van der Waals surface area contributed by atoms with Gasteiger partial charge in [0.15, 0.2) is 0 Å². The van der Waals surface area contributed by atoms with Crippen LogP contribution in [0.15, 0.2) is 22.7 Å². The van der Waals surface area contributed by atoms with Crippen molar-refractivity contribution >= 4 is 16.9 Å². The summed E-state index contributed by atoms with van der Waals surface area (Å²) in [6.07, 6.45) is 5.92. The molecule has 1 amide bonds. The quantitative estimate of drug-likeness (QED) is 0.692. The summed E-state index contributed by atoms with van der Waals surface area (Å²) in [7, 11) is 1.80. The number of aryl methyl sites for hydroxylation is 2. The number of hydrogen-bond acceptors (Lipinski definition) is 5. The summed E-state index contributed by atoms with van der Waals surface area (Å²) in [5.74, 6) is 1.90. The second-order valence-electron chi connectivity index (χ2n) is 8.57. The summed E-state index contributed by atoms with van der Waals surface area (Å²) in [6, 6.07) is 6.77. The minimum atomic E-state index is -0.0208. The molecule has 1 saturated heterocycles. The van der Waals surface area contributed by atoms with Crippen molar-refractivity contribution in [1.29, 1.82) is 0 Å². The van der Waals surface area contributed by atoms with E-state index < -0.39 is 0 Å². The molecule has 7 heteroatoms. The maximum absolute atomic E-state index is 11.9. The minimum Gasteiger partial charge on any atom is -0.381 e. The molecular formula is C23H28N4O3. The standard InChI is InChI=1S/C23H28N4O3/c1-13-22(14(2)30-26-13)15-4-10-20-19(12-15)25-23(18-9-11-21(28)24-18)27(20)16-5-7-17(29-3)8-6-16/h4,10,12,16-18H,5-9,11H2,1-3H3,(H,24,28). The average Bonchev–Trinajstić information content (AvgIpc) is 3.44. The maximum atomic E-state index is 11.9. The highest BCUT2D eigenvalue weighted by molar-refractivity contribution is 5.84. The zero-order valence-electron chi connectivity index (χ0n) is 17.8. The van der Waals surface area contributed by atoms with E-state index in [-0.39, 0.29) is 11.9 Å². The molecule has 1 saturated carbocycles. The topological polar surface area (TPSA) is 82.2 Å². The Balaban J connectivity index is 1.60. The van der Waals surface area contributed by atoms with Crippen LogP contribution in [0.25, 0.3) is 22.2 Å². The summed E-state index contributed by atoms with van der Waals surface area (Å²) in [5.41, 5.74) is 5.06. The fourth-order valence-corrected chi connectivity index (χ4v) is 5.14. The molecule has 2 fully saturated rings. The van der Waals surface area contributed by atoms with E-state index in [4.69, 9.17) is 14.2 Å². The normalized spacial score (nSPS) is 24.5. The summed E-state index contributed by atoms with van der Waals surface area (Å²) in [6.45, 7) is 3.90. The number of hydrogen-bond donors (Lipinski definition) is 1. The van der Waals surface area contributed by atoms with Gasteiger partial charge in [-0.05, 0) is 63.6 Å². The first-order chi connectivity index (χ1) is 14.5. The van der Waals surface area contributed by atoms with E-state index in [0.29, 0.717) is 18.6 Å². The summed E-state index contributed by atoms with van der Waals surface area (Å²) in [4.78, 5) is 17.0. The van der Waals surface area contributed by atoms with Crippen LogP contribution < -0.4 is 5.32 Å². The number of methoxy groups -OCH3 is 1. The average molecular weight is 409 g/mol. The van der Waals surface area contributed by atoms with E-state index >= 15 is 0 Å². The monoisotopic (exact) mass is 408 g/mol. The van der Waals surface area contributed by atoms with E-state index in [2.05, 4.69) is 33.2 Å². The fourth-order valence-electron chi connectivity index (χ4n) is 5.14. The Morgan fingerprint density at radius 2 is 1.97 bits per heavy atom. The second kappa shape index (κ2) is 7.54. The highest BCUT2D eigenvalue weighted by Crippen LogP contribution is 2.38. The van der Waals surface area contributed by atoms with Gasteiger partial charge in [0, 0.05) is 25.1 Å². The lowest BCUT2D eigenvalue weighted by Crippen LogP contribution is -2.27. The van der Waals surface area contributed by atoms with Crippen LogP contribution >= 0.6 is 0 Å². The molecule has 1 atom stereocenters. The molecule has 0 radical (unpaired) electrons. The van der Waals surface area contributed by atoms with Gasteiger partial charge in [0.1, 0.15) is 11.6 Å². The highest BCUT2D eigenvalue weighted by Gasteiger charge is 2.32. The van der Waals surface area contributed by atoms with E-state index in [1.54, 1.807) is 7.11 Å². The van der Waals surface area contributed by atoms with Gasteiger partial charge in [-0.15, -0.1) is 0 Å². The van der Waals surface area contributed by atoms with Crippen LogP contribution in [0.2, 0.25) is 0 Å². The molecule has 1 aliphatic heterocycles. The zero-order chi connectivity index (χ0) is 20.8. The summed E-state index contributed by atoms with van der Waals surface area (Å²) in [5, 5.41) is 7.21. The Morgan fingerprint density at radius 3 is 2.60 bits per heavy atom. The van der Waals surface area contributed by atoms with Crippen molar-refractivity contribution in [2.75, 3.05) is 7.11 Å². The summed E-state index contributed by atoms with van der Waals surface area (Å²) >= 11 is 0. The summed E-state index contributed by atoms with van der Waals surface area (Å²) < 4.78 is 13.3. The molecule has 1 aromatic carbocycles. The van der Waals surface area contributed by atoms with Crippen molar-refractivity contribution < 1.29 is 14.1 Å². The third-order valence-corrected chi connectivity index (χ3v) is 6.69. The molecular weight excluding hydrogens is 380 g/mol. The molecule has 3 aromatic rings. The molecule has 0 bridgehead atoms. The largest absolute Gasteiger partial charge is 0.381 e. The second-order valence-corrected chi connectivity index (χ2v) is 8.57. The van der Waals surface area contributed by atoms with Gasteiger partial charge >= 0.3 is 0 Å². The van der Waals surface area contributed by atoms with Crippen LogP contribution in [-0.4, -0.2) is 33.8 Å². The molecule has 1 aliphatic carbocycles. The van der Waals surface area contributed by atoms with Crippen LogP contribution in [0.5, 0.6) is 0 Å². The molecule has 7 nitrogen and oxygen atoms in total. The lowest BCUT2D eigenvalue weighted by atomic mass is 9.92. The molecule has 158 valence electrons. The first kappa shape index (κ1) is 19.3. The van der Waals surface area contributed by atoms with Gasteiger partial charge in [0.25, 0.3) is 0 Å². The number of nitrogens with one attached hydrogen (secondary N) is 1. The van der Waals surface area contributed by atoms with Crippen molar-refractivity contribution in [2.45, 2.75) is 70.6 Å². The van der Waals surface area contributed by atoms with E-state index in [9.17, 15) is 4.79 Å². The predicted molar refractivity (Wildman–Crippen MR) is 113 cm³/mol. The smallest absolute Gasteiger partial charge is 0.220 e. The van der Waals surface area contributed by atoms with Gasteiger partial charge in [-0.2, -0.15) is 0 Å². The fraction of sp³-hybridized carbons (Fsp3) is 0.522. The van der Waals surface area contributed by atoms with Crippen molar-refractivity contribution in [3.8, 4) is 11.1 Å². The van der Waals surface area contributed by atoms with Gasteiger partial charge in [0.2, 0.25) is 5.91 Å². The molecule has 0 spiro atoms. The van der Waals surface area contributed by atoms with E-state index in [1.807, 2.05) is 13.8 Å². The van der Waals surface area contributed by atoms with Gasteiger partial charge in [-0.25, -0.2) is 4.98 Å². The number of fused-ring (bicyclic) bond motifs is 1. The van der Waals surface area contributed by atoms with Crippen molar-refractivity contribution in [1.82, 2.24) is 20.0 Å². The highest BCUT2D eigenvalue weighted by atomic mass is 16.5. The predicted octanol–water partition coefficient (Wildman–Crippen LogP) is 4.39. The van der Waals surface area contributed by atoms with Gasteiger partial charge in [-0.3, -0.25) is 4.79 Å². The van der Waals surface area contributed by atoms with Gasteiger partial charge < -0.3 is 19.1 Å². The molecule has 2 aliphatic rings. The van der Waals surface area contributed by atoms with Crippen LogP contribution in [0.1, 0.15) is 67.9 Å². The zero-order valence-corrected chi connectivity index (χ0v) is 17.8. The van der Waals surface area contributed by atoms with Crippen molar-refractivity contribution in [2.24, 2.45) is 0 Å². The Labute approximate surface area is 175 Å². The van der Waals surface area contributed by atoms with Crippen LogP contribution in [0, 0.1) is 13.8 Å². The first-order valence-electron chi connectivity index (χ1n) is 10.8. The number of carbonyl (C=O) groups excluding carboxylic acids is 1. The number of benzene rings is 1. The Bertz CT molecular complexity index is 1070. The lowest BCUT2D eigenvalue weighted by molar-refractivity contribution is -0.119. The number of ether oxygens (including phenoxy) is 1. The number of aromatic nitrogens is 3. The third kappa shape index (κ3) is 3.21. The van der Waals surface area contributed by atoms with Crippen LogP contribution in [-0.2, 0) is 9.53 Å². The Kier molecular flexibility index (Phi) is 4.85. The Hall–Kier alpha value is -2.67. The SMILES string of the molecule is COC1CCC(n2c(C3CCC(=O)N3)nc3cc(-c4c(C)noc4C)ccc32)CC1. The van der Waals surface area contributed by atoms with Crippen LogP contribution in [0.4, 0.5) is 0 Å². The molecule has 5 rings (SSSR count). The third-order valence-electron chi connectivity index (χ3n) is 6.69. The molecule has 3 heterocycles. The van der Waals surface area contributed by atoms with Gasteiger partial charge in [-0.1, -0.05) is 11.2 Å². The first-order valence-corrected chi connectivity index (χ1v) is 10.8. The van der Waals surface area contributed by atoms with E-state index in [0.717, 1.165) is 71.5 Å². The lowest BCUT2D eigenvalue weighted by Gasteiger charge is -2.30. The maximum Gasteiger partial charge on any atom is 0.220 e. The number of carbonyl (C=O) groups is 1. The number of rotatable bonds is 4. The molecule has 1 N–H and O–H groups in total. The van der Waals surface area contributed by atoms with Crippen molar-refractivity contribution in [3.63, 3.8) is 0 Å². The van der Waals surface area contributed by atoms with Crippen LogP contribution in [0.3, 0.4) is 0 Å². The molecule has 30 heavy (non-hydrogen) atoms. The van der Waals surface area contributed by atoms with Gasteiger partial charge in [0.05, 0.1) is 28.9 Å². The minimum absolute atomic E-state index is 0.0208. The number of nitrogens with zero attached hydrogens (tertiary/aromatic N) is 3.